The minimum absolute atomic E-state index is 0.00683. The van der Waals surface area contributed by atoms with E-state index >= 15 is 0 Å². The molecular weight excluding hydrogens is 383 g/mol. The van der Waals surface area contributed by atoms with Gasteiger partial charge in [-0.3, -0.25) is 9.59 Å². The van der Waals surface area contributed by atoms with Gasteiger partial charge in [0, 0.05) is 31.2 Å². The van der Waals surface area contributed by atoms with Crippen molar-refractivity contribution in [3.63, 3.8) is 0 Å². The van der Waals surface area contributed by atoms with Crippen molar-refractivity contribution in [2.75, 3.05) is 31.1 Å². The second-order valence-corrected chi connectivity index (χ2v) is 8.08. The first-order chi connectivity index (χ1) is 14.5. The van der Waals surface area contributed by atoms with Gasteiger partial charge in [0.05, 0.1) is 0 Å². The Kier molecular flexibility index (Phi) is 6.02. The second-order valence-electron chi connectivity index (χ2n) is 8.08. The highest BCUT2D eigenvalue weighted by atomic mass is 19.1. The number of para-hydroxylation sites is 1. The standard InChI is InChI=1S/C24H27FN2O3/c1-17-14-20(25)15-19-6-5-11-27(23(17)19)24(29)18-9-12-26(13-10-18)22(28)16-30-21-7-3-2-4-8-21/h2-4,7-8,14-15,18H,5-6,9-13,16H2,1H3. The van der Waals surface area contributed by atoms with Crippen LogP contribution in [-0.4, -0.2) is 43.0 Å². The lowest BCUT2D eigenvalue weighted by Crippen LogP contribution is -2.47. The van der Waals surface area contributed by atoms with Crippen molar-refractivity contribution in [1.29, 1.82) is 0 Å². The van der Waals surface area contributed by atoms with E-state index in [2.05, 4.69) is 0 Å². The van der Waals surface area contributed by atoms with Gasteiger partial charge < -0.3 is 14.5 Å². The minimum Gasteiger partial charge on any atom is -0.484 e. The summed E-state index contributed by atoms with van der Waals surface area (Å²) >= 11 is 0. The molecule has 6 heteroatoms. The van der Waals surface area contributed by atoms with E-state index in [1.165, 1.54) is 6.07 Å². The summed E-state index contributed by atoms with van der Waals surface area (Å²) in [6.45, 7) is 3.64. The van der Waals surface area contributed by atoms with Crippen molar-refractivity contribution in [2.24, 2.45) is 5.92 Å². The summed E-state index contributed by atoms with van der Waals surface area (Å²) in [6.07, 6.45) is 2.92. The molecule has 2 aliphatic rings. The fourth-order valence-corrected chi connectivity index (χ4v) is 4.49. The Hall–Kier alpha value is -2.89. The van der Waals surface area contributed by atoms with Crippen LogP contribution in [0.1, 0.15) is 30.4 Å². The van der Waals surface area contributed by atoms with Crippen molar-refractivity contribution in [3.8, 4) is 5.75 Å². The molecule has 4 rings (SSSR count). The van der Waals surface area contributed by atoms with Gasteiger partial charge in [-0.05, 0) is 68.0 Å². The summed E-state index contributed by atoms with van der Waals surface area (Å²) in [4.78, 5) is 29.3. The number of likely N-dealkylation sites (tertiary alicyclic amines) is 1. The van der Waals surface area contributed by atoms with Gasteiger partial charge in [-0.1, -0.05) is 18.2 Å². The van der Waals surface area contributed by atoms with Gasteiger partial charge in [0.2, 0.25) is 5.91 Å². The lowest BCUT2D eigenvalue weighted by Gasteiger charge is -2.37. The fourth-order valence-electron chi connectivity index (χ4n) is 4.49. The molecule has 0 radical (unpaired) electrons. The smallest absolute Gasteiger partial charge is 0.260 e. The number of hydrogen-bond donors (Lipinski definition) is 0. The van der Waals surface area contributed by atoms with Crippen molar-refractivity contribution in [2.45, 2.75) is 32.6 Å². The third-order valence-corrected chi connectivity index (χ3v) is 6.01. The molecule has 2 heterocycles. The highest BCUT2D eigenvalue weighted by Crippen LogP contribution is 2.34. The SMILES string of the molecule is Cc1cc(F)cc2c1N(C(=O)C1CCN(C(=O)COc3ccccc3)CC1)CCC2. The predicted molar refractivity (Wildman–Crippen MR) is 113 cm³/mol. The second kappa shape index (κ2) is 8.86. The first-order valence-electron chi connectivity index (χ1n) is 10.6. The first-order valence-corrected chi connectivity index (χ1v) is 10.6. The molecule has 0 aromatic heterocycles. The number of aryl methyl sites for hydroxylation is 2. The van der Waals surface area contributed by atoms with E-state index in [-0.39, 0.29) is 30.2 Å². The summed E-state index contributed by atoms with van der Waals surface area (Å²) in [6, 6.07) is 12.3. The number of rotatable bonds is 4. The van der Waals surface area contributed by atoms with Crippen molar-refractivity contribution in [3.05, 3.63) is 59.4 Å². The molecule has 5 nitrogen and oxygen atoms in total. The van der Waals surface area contributed by atoms with E-state index in [4.69, 9.17) is 4.74 Å². The molecule has 0 saturated carbocycles. The number of ether oxygens (including phenoxy) is 1. The monoisotopic (exact) mass is 410 g/mol. The normalized spacial score (nSPS) is 16.9. The Labute approximate surface area is 176 Å². The van der Waals surface area contributed by atoms with E-state index in [1.54, 1.807) is 11.0 Å². The van der Waals surface area contributed by atoms with Crippen molar-refractivity contribution < 1.29 is 18.7 Å². The number of nitrogens with zero attached hydrogens (tertiary/aromatic N) is 2. The Balaban J connectivity index is 1.35. The molecule has 0 atom stereocenters. The summed E-state index contributed by atoms with van der Waals surface area (Å²) in [7, 11) is 0. The summed E-state index contributed by atoms with van der Waals surface area (Å²) < 4.78 is 19.3. The molecule has 0 N–H and O–H groups in total. The van der Waals surface area contributed by atoms with E-state index in [1.807, 2.05) is 42.2 Å². The molecule has 0 aliphatic carbocycles. The zero-order valence-corrected chi connectivity index (χ0v) is 17.3. The highest BCUT2D eigenvalue weighted by Gasteiger charge is 2.33. The molecule has 0 unspecified atom stereocenters. The number of hydrogen-bond acceptors (Lipinski definition) is 3. The van der Waals surface area contributed by atoms with Gasteiger partial charge >= 0.3 is 0 Å². The van der Waals surface area contributed by atoms with Crippen molar-refractivity contribution in [1.82, 2.24) is 4.90 Å². The van der Waals surface area contributed by atoms with Crippen LogP contribution < -0.4 is 9.64 Å². The highest BCUT2D eigenvalue weighted by molar-refractivity contribution is 5.97. The van der Waals surface area contributed by atoms with Gasteiger partial charge in [0.15, 0.2) is 6.61 Å². The molecule has 2 aliphatic heterocycles. The molecule has 2 aromatic carbocycles. The van der Waals surface area contributed by atoms with Crippen LogP contribution in [0.5, 0.6) is 5.75 Å². The average molecular weight is 410 g/mol. The van der Waals surface area contributed by atoms with Gasteiger partial charge in [-0.2, -0.15) is 0 Å². The maximum absolute atomic E-state index is 13.8. The van der Waals surface area contributed by atoms with Gasteiger partial charge in [0.1, 0.15) is 11.6 Å². The van der Waals surface area contributed by atoms with Gasteiger partial charge in [-0.15, -0.1) is 0 Å². The number of fused-ring (bicyclic) bond motifs is 1. The zero-order chi connectivity index (χ0) is 21.1. The number of halogens is 1. The number of benzene rings is 2. The molecule has 158 valence electrons. The van der Waals surface area contributed by atoms with Crippen LogP contribution in [0, 0.1) is 18.7 Å². The number of carbonyl (C=O) groups is 2. The first kappa shape index (κ1) is 20.4. The van der Waals surface area contributed by atoms with E-state index in [0.717, 1.165) is 29.7 Å². The Bertz CT molecular complexity index is 924. The molecular formula is C24H27FN2O3. The van der Waals surface area contributed by atoms with Crippen LogP contribution in [0.4, 0.5) is 10.1 Å². The maximum atomic E-state index is 13.8. The fraction of sp³-hybridized carbons (Fsp3) is 0.417. The maximum Gasteiger partial charge on any atom is 0.260 e. The topological polar surface area (TPSA) is 49.9 Å². The summed E-state index contributed by atoms with van der Waals surface area (Å²) in [5.41, 5.74) is 2.60. The van der Waals surface area contributed by atoms with E-state index in [9.17, 15) is 14.0 Å². The molecule has 1 fully saturated rings. The number of amides is 2. The molecule has 30 heavy (non-hydrogen) atoms. The average Bonchev–Trinajstić information content (AvgIpc) is 2.77. The van der Waals surface area contributed by atoms with Gasteiger partial charge in [0.25, 0.3) is 5.91 Å². The van der Waals surface area contributed by atoms with Crippen molar-refractivity contribution >= 4 is 17.5 Å². The third kappa shape index (κ3) is 4.32. The Morgan fingerprint density at radius 2 is 1.83 bits per heavy atom. The minimum atomic E-state index is -0.245. The number of anilines is 1. The molecule has 0 bridgehead atoms. The molecule has 0 spiro atoms. The van der Waals surface area contributed by atoms with E-state index in [0.29, 0.717) is 38.2 Å². The van der Waals surface area contributed by atoms with E-state index < -0.39 is 0 Å². The lowest BCUT2D eigenvalue weighted by atomic mass is 9.92. The molecule has 2 amide bonds. The summed E-state index contributed by atoms with van der Waals surface area (Å²) in [5, 5.41) is 0. The van der Waals surface area contributed by atoms with Crippen LogP contribution in [0.25, 0.3) is 0 Å². The Morgan fingerprint density at radius 3 is 2.57 bits per heavy atom. The van der Waals surface area contributed by atoms with Crippen LogP contribution in [0.15, 0.2) is 42.5 Å². The lowest BCUT2D eigenvalue weighted by molar-refractivity contribution is -0.136. The van der Waals surface area contributed by atoms with Crippen LogP contribution >= 0.6 is 0 Å². The summed E-state index contributed by atoms with van der Waals surface area (Å²) in [5.74, 6) is 0.355. The quantitative estimate of drug-likeness (QED) is 0.772. The third-order valence-electron chi connectivity index (χ3n) is 6.01. The van der Waals surface area contributed by atoms with Gasteiger partial charge in [-0.25, -0.2) is 4.39 Å². The molecule has 2 aromatic rings. The predicted octanol–water partition coefficient (Wildman–Crippen LogP) is 3.73. The number of piperidine rings is 1. The molecule has 1 saturated heterocycles. The van der Waals surface area contributed by atoms with Crippen LogP contribution in [-0.2, 0) is 16.0 Å². The number of carbonyl (C=O) groups excluding carboxylic acids is 2. The Morgan fingerprint density at radius 1 is 1.10 bits per heavy atom. The van der Waals surface area contributed by atoms with Crippen LogP contribution in [0.2, 0.25) is 0 Å². The zero-order valence-electron chi connectivity index (χ0n) is 17.3. The largest absolute Gasteiger partial charge is 0.484 e. The van der Waals surface area contributed by atoms with Crippen LogP contribution in [0.3, 0.4) is 0 Å².